The van der Waals surface area contributed by atoms with Crippen LogP contribution in [0.3, 0.4) is 0 Å². The fraction of sp³-hybridized carbons (Fsp3) is 0.158. The summed E-state index contributed by atoms with van der Waals surface area (Å²) >= 11 is 6.19. The van der Waals surface area contributed by atoms with E-state index in [9.17, 15) is 0 Å². The summed E-state index contributed by atoms with van der Waals surface area (Å²) in [4.78, 5) is 0. The normalized spacial score (nSPS) is 13.3. The molecular weight excluding hydrogens is 292 g/mol. The van der Waals surface area contributed by atoms with Crippen molar-refractivity contribution >= 4 is 30.8 Å². The summed E-state index contributed by atoms with van der Waals surface area (Å²) in [5.41, 5.74) is 8.82. The van der Waals surface area contributed by atoms with Crippen molar-refractivity contribution in [2.24, 2.45) is 0 Å². The number of halogens is 1. The minimum atomic E-state index is -1.38. The van der Waals surface area contributed by atoms with Crippen molar-refractivity contribution in [2.45, 2.75) is 19.6 Å². The van der Waals surface area contributed by atoms with Crippen LogP contribution >= 0.6 is 11.6 Å². The van der Waals surface area contributed by atoms with Gasteiger partial charge in [0.15, 0.2) is 0 Å². The lowest BCUT2D eigenvalue weighted by Crippen LogP contribution is -2.17. The van der Waals surface area contributed by atoms with Crippen molar-refractivity contribution in [1.29, 1.82) is 0 Å². The molecule has 0 radical (unpaired) electrons. The third kappa shape index (κ3) is 4.45. The predicted octanol–water partition coefficient (Wildman–Crippen LogP) is 6.23. The summed E-state index contributed by atoms with van der Waals surface area (Å²) in [7, 11) is -1.38. The van der Waals surface area contributed by atoms with E-state index < -0.39 is 8.07 Å². The van der Waals surface area contributed by atoms with Gasteiger partial charge in [-0.3, -0.25) is 0 Å². The first-order valence-electron chi connectivity index (χ1n) is 7.16. The molecule has 0 aliphatic rings. The van der Waals surface area contributed by atoms with E-state index in [1.807, 2.05) is 24.3 Å². The summed E-state index contributed by atoms with van der Waals surface area (Å²) in [6, 6.07) is 20.8. The number of allylic oxidation sites excluding steroid dienone is 2. The standard InChI is InChI=1S/C19H21ClSi/c1-21(2,3)15-19(17-12-8-5-9-13-17)18(14-20)16-10-6-4-7-11-16/h4-15H,1-3H3/b18-14-,19-15+. The molecule has 0 spiro atoms. The average molecular weight is 313 g/mol. The van der Waals surface area contributed by atoms with Gasteiger partial charge in [0.2, 0.25) is 0 Å². The molecule has 0 saturated carbocycles. The second-order valence-electron chi connectivity index (χ2n) is 6.18. The van der Waals surface area contributed by atoms with Crippen LogP contribution in [0.25, 0.3) is 11.1 Å². The highest BCUT2D eigenvalue weighted by molar-refractivity contribution is 6.82. The molecule has 2 aromatic rings. The molecule has 0 bridgehead atoms. The third-order valence-corrected chi connectivity index (χ3v) is 4.52. The van der Waals surface area contributed by atoms with Gasteiger partial charge in [0.25, 0.3) is 0 Å². The third-order valence-electron chi connectivity index (χ3n) is 3.15. The Morgan fingerprint density at radius 2 is 1.19 bits per heavy atom. The molecule has 0 N–H and O–H groups in total. The lowest BCUT2D eigenvalue weighted by Gasteiger charge is -2.18. The molecular formula is C19H21ClSi. The van der Waals surface area contributed by atoms with Crippen LogP contribution in [0.4, 0.5) is 0 Å². The minimum Gasteiger partial charge on any atom is -0.0923 e. The molecule has 108 valence electrons. The fourth-order valence-electron chi connectivity index (χ4n) is 2.26. The topological polar surface area (TPSA) is 0 Å². The van der Waals surface area contributed by atoms with Crippen LogP contribution in [0.1, 0.15) is 11.1 Å². The zero-order chi connectivity index (χ0) is 15.3. The molecule has 2 heteroatoms. The summed E-state index contributed by atoms with van der Waals surface area (Å²) < 4.78 is 0. The van der Waals surface area contributed by atoms with Crippen LogP contribution in [-0.2, 0) is 0 Å². The SMILES string of the molecule is C[Si](C)(C)/C=C(/C(=C\Cl)c1ccccc1)c1ccccc1. The molecule has 0 fully saturated rings. The van der Waals surface area contributed by atoms with Gasteiger partial charge in [-0.25, -0.2) is 0 Å². The van der Waals surface area contributed by atoms with E-state index in [1.54, 1.807) is 5.54 Å². The van der Waals surface area contributed by atoms with Crippen molar-refractivity contribution in [2.75, 3.05) is 0 Å². The Morgan fingerprint density at radius 1 is 0.762 bits per heavy atom. The maximum Gasteiger partial charge on any atom is 0.0695 e. The van der Waals surface area contributed by atoms with Gasteiger partial charge < -0.3 is 0 Å². The first-order valence-corrected chi connectivity index (χ1v) is 11.2. The van der Waals surface area contributed by atoms with E-state index in [2.05, 4.69) is 61.7 Å². The Bertz CT molecular complexity index is 634. The summed E-state index contributed by atoms with van der Waals surface area (Å²) in [6.07, 6.45) is 0. The first kappa shape index (κ1) is 15.8. The van der Waals surface area contributed by atoms with Crippen molar-refractivity contribution in [3.8, 4) is 0 Å². The van der Waals surface area contributed by atoms with Gasteiger partial charge in [0.05, 0.1) is 8.07 Å². The lowest BCUT2D eigenvalue weighted by molar-refractivity contribution is 1.58. The van der Waals surface area contributed by atoms with Crippen molar-refractivity contribution < 1.29 is 0 Å². The molecule has 0 nitrogen and oxygen atoms in total. The molecule has 0 heterocycles. The Hall–Kier alpha value is -1.57. The van der Waals surface area contributed by atoms with Gasteiger partial charge in [0, 0.05) is 11.1 Å². The monoisotopic (exact) mass is 312 g/mol. The van der Waals surface area contributed by atoms with Crippen molar-refractivity contribution in [1.82, 2.24) is 0 Å². The zero-order valence-corrected chi connectivity index (χ0v) is 14.6. The molecule has 0 atom stereocenters. The maximum atomic E-state index is 6.19. The Balaban J connectivity index is 2.58. The quantitative estimate of drug-likeness (QED) is 0.464. The Kier molecular flexibility index (Phi) is 5.21. The second kappa shape index (κ2) is 6.93. The number of hydrogen-bond donors (Lipinski definition) is 0. The average Bonchev–Trinajstić information content (AvgIpc) is 2.48. The number of benzene rings is 2. The van der Waals surface area contributed by atoms with E-state index in [1.165, 1.54) is 11.1 Å². The van der Waals surface area contributed by atoms with Crippen LogP contribution in [0, 0.1) is 0 Å². The van der Waals surface area contributed by atoms with Gasteiger partial charge in [-0.05, 0) is 16.7 Å². The minimum absolute atomic E-state index is 1.09. The zero-order valence-electron chi connectivity index (χ0n) is 12.8. The molecule has 0 amide bonds. The van der Waals surface area contributed by atoms with Crippen LogP contribution in [0.2, 0.25) is 19.6 Å². The van der Waals surface area contributed by atoms with Crippen LogP contribution in [0.15, 0.2) is 71.9 Å². The largest absolute Gasteiger partial charge is 0.0923 e. The Morgan fingerprint density at radius 3 is 1.57 bits per heavy atom. The van der Waals surface area contributed by atoms with Crippen molar-refractivity contribution in [3.05, 3.63) is 83.0 Å². The fourth-order valence-corrected chi connectivity index (χ4v) is 3.69. The molecule has 21 heavy (non-hydrogen) atoms. The molecule has 0 aromatic heterocycles. The highest BCUT2D eigenvalue weighted by atomic mass is 35.5. The van der Waals surface area contributed by atoms with Gasteiger partial charge >= 0.3 is 0 Å². The van der Waals surface area contributed by atoms with E-state index in [4.69, 9.17) is 11.6 Å². The van der Waals surface area contributed by atoms with E-state index in [0.29, 0.717) is 0 Å². The smallest absolute Gasteiger partial charge is 0.0695 e. The molecule has 0 aliphatic heterocycles. The van der Waals surface area contributed by atoms with Gasteiger partial charge in [-0.15, -0.1) is 0 Å². The molecule has 2 aromatic carbocycles. The van der Waals surface area contributed by atoms with E-state index in [0.717, 1.165) is 11.1 Å². The summed E-state index contributed by atoms with van der Waals surface area (Å²) in [5.74, 6) is 0. The maximum absolute atomic E-state index is 6.19. The van der Waals surface area contributed by atoms with E-state index in [-0.39, 0.29) is 0 Å². The van der Waals surface area contributed by atoms with Gasteiger partial charge in [0.1, 0.15) is 0 Å². The van der Waals surface area contributed by atoms with Gasteiger partial charge in [-0.1, -0.05) is 97.6 Å². The van der Waals surface area contributed by atoms with E-state index >= 15 is 0 Å². The highest BCUT2D eigenvalue weighted by Gasteiger charge is 2.16. The number of hydrogen-bond acceptors (Lipinski definition) is 0. The van der Waals surface area contributed by atoms with Crippen LogP contribution in [0.5, 0.6) is 0 Å². The summed E-state index contributed by atoms with van der Waals surface area (Å²) in [5, 5.41) is 0. The lowest BCUT2D eigenvalue weighted by atomic mass is 9.95. The molecule has 0 unspecified atom stereocenters. The first-order chi connectivity index (χ1) is 10.0. The molecule has 0 saturated heterocycles. The molecule has 0 aliphatic carbocycles. The van der Waals surface area contributed by atoms with Crippen LogP contribution in [-0.4, -0.2) is 8.07 Å². The van der Waals surface area contributed by atoms with Gasteiger partial charge in [-0.2, -0.15) is 0 Å². The summed E-state index contributed by atoms with van der Waals surface area (Å²) in [6.45, 7) is 7.02. The molecule has 2 rings (SSSR count). The van der Waals surface area contributed by atoms with Crippen molar-refractivity contribution in [3.63, 3.8) is 0 Å². The predicted molar refractivity (Wildman–Crippen MR) is 98.0 cm³/mol. The van der Waals surface area contributed by atoms with Crippen LogP contribution < -0.4 is 0 Å². The second-order valence-corrected chi connectivity index (χ2v) is 11.4. The number of rotatable bonds is 4. The Labute approximate surface area is 133 Å². The highest BCUT2D eigenvalue weighted by Crippen LogP contribution is 2.33.